The fourth-order valence-electron chi connectivity index (χ4n) is 0.553. The predicted octanol–water partition coefficient (Wildman–Crippen LogP) is 1.03. The Kier molecular flexibility index (Phi) is 1.94. The van der Waals surface area contributed by atoms with Crippen molar-refractivity contribution in [3.63, 3.8) is 0 Å². The van der Waals surface area contributed by atoms with E-state index in [2.05, 4.69) is 10.1 Å². The van der Waals surface area contributed by atoms with Crippen molar-refractivity contribution in [1.29, 1.82) is 0 Å². The second-order valence-electron chi connectivity index (χ2n) is 1.64. The number of aromatic nitrogens is 1. The lowest BCUT2D eigenvalue weighted by molar-refractivity contribution is 0.321. The third-order valence-electron chi connectivity index (χ3n) is 1.00. The molecule has 0 amide bonds. The van der Waals surface area contributed by atoms with E-state index in [4.69, 9.17) is 5.21 Å². The van der Waals surface area contributed by atoms with Gasteiger partial charge in [0.2, 0.25) is 0 Å². The van der Waals surface area contributed by atoms with E-state index in [-0.39, 0.29) is 5.56 Å². The maximum Gasteiger partial charge on any atom is 0.150 e. The van der Waals surface area contributed by atoms with Crippen molar-refractivity contribution in [1.82, 2.24) is 4.98 Å². The van der Waals surface area contributed by atoms with Crippen molar-refractivity contribution < 1.29 is 9.60 Å². The summed E-state index contributed by atoms with van der Waals surface area (Å²) < 4.78 is 12.5. The molecule has 52 valence electrons. The monoisotopic (exact) mass is 140 g/mol. The van der Waals surface area contributed by atoms with Crippen LogP contribution in [-0.4, -0.2) is 16.4 Å². The van der Waals surface area contributed by atoms with Crippen LogP contribution >= 0.6 is 0 Å². The highest BCUT2D eigenvalue weighted by Crippen LogP contribution is 1.99. The Morgan fingerprint density at radius 2 is 2.50 bits per heavy atom. The van der Waals surface area contributed by atoms with Crippen molar-refractivity contribution >= 4 is 6.21 Å². The van der Waals surface area contributed by atoms with Crippen LogP contribution in [0.5, 0.6) is 0 Å². The minimum atomic E-state index is -0.500. The van der Waals surface area contributed by atoms with Gasteiger partial charge in [-0.15, -0.1) is 0 Å². The molecule has 1 rings (SSSR count). The minimum Gasteiger partial charge on any atom is -0.411 e. The Hall–Kier alpha value is -1.45. The van der Waals surface area contributed by atoms with Crippen LogP contribution in [-0.2, 0) is 0 Å². The van der Waals surface area contributed by atoms with Crippen molar-refractivity contribution in [2.24, 2.45) is 5.16 Å². The number of nitrogens with zero attached hydrogens (tertiary/aromatic N) is 2. The molecule has 0 saturated carbocycles. The van der Waals surface area contributed by atoms with Gasteiger partial charge in [0.25, 0.3) is 0 Å². The Bertz CT molecular complexity index is 249. The highest BCUT2D eigenvalue weighted by atomic mass is 19.1. The number of oxime groups is 1. The van der Waals surface area contributed by atoms with Gasteiger partial charge in [-0.25, -0.2) is 4.39 Å². The molecule has 3 nitrogen and oxygen atoms in total. The zero-order valence-electron chi connectivity index (χ0n) is 5.03. The highest BCUT2D eigenvalue weighted by Gasteiger charge is 1.95. The Balaban J connectivity index is 3.03. The number of hydrogen-bond acceptors (Lipinski definition) is 3. The molecule has 0 spiro atoms. The van der Waals surface area contributed by atoms with Gasteiger partial charge in [0, 0.05) is 11.8 Å². The molecular formula is C6H5FN2O. The molecule has 0 aliphatic heterocycles. The second-order valence-corrected chi connectivity index (χ2v) is 1.64. The smallest absolute Gasteiger partial charge is 0.150 e. The normalized spacial score (nSPS) is 10.5. The van der Waals surface area contributed by atoms with E-state index in [1.165, 1.54) is 12.3 Å². The molecule has 0 aliphatic rings. The fourth-order valence-corrected chi connectivity index (χ4v) is 0.553. The first-order chi connectivity index (χ1) is 4.84. The van der Waals surface area contributed by atoms with E-state index in [1.807, 2.05) is 0 Å². The lowest BCUT2D eigenvalue weighted by Crippen LogP contribution is -1.87. The Morgan fingerprint density at radius 1 is 1.70 bits per heavy atom. The van der Waals surface area contributed by atoms with Gasteiger partial charge in [-0.1, -0.05) is 5.16 Å². The molecule has 0 aliphatic carbocycles. The molecule has 0 fully saturated rings. The van der Waals surface area contributed by atoms with E-state index in [0.717, 1.165) is 12.4 Å². The van der Waals surface area contributed by atoms with Gasteiger partial charge in [-0.3, -0.25) is 4.98 Å². The number of halogens is 1. The van der Waals surface area contributed by atoms with Crippen LogP contribution < -0.4 is 0 Å². The first-order valence-electron chi connectivity index (χ1n) is 2.61. The molecule has 1 N–H and O–H groups in total. The lowest BCUT2D eigenvalue weighted by atomic mass is 10.3. The third kappa shape index (κ3) is 1.28. The molecule has 1 heterocycles. The average molecular weight is 140 g/mol. The number of rotatable bonds is 1. The van der Waals surface area contributed by atoms with E-state index < -0.39 is 5.82 Å². The predicted molar refractivity (Wildman–Crippen MR) is 33.6 cm³/mol. The van der Waals surface area contributed by atoms with Crippen molar-refractivity contribution in [3.8, 4) is 0 Å². The van der Waals surface area contributed by atoms with Crippen molar-refractivity contribution in [2.45, 2.75) is 0 Å². The van der Waals surface area contributed by atoms with Gasteiger partial charge in [0.15, 0.2) is 0 Å². The van der Waals surface area contributed by atoms with Crippen molar-refractivity contribution in [2.75, 3.05) is 0 Å². The van der Waals surface area contributed by atoms with Gasteiger partial charge in [-0.2, -0.15) is 0 Å². The van der Waals surface area contributed by atoms with E-state index in [9.17, 15) is 4.39 Å². The fraction of sp³-hybridized carbons (Fsp3) is 0. The maximum absolute atomic E-state index is 12.5. The molecule has 4 heteroatoms. The van der Waals surface area contributed by atoms with Crippen LogP contribution in [0.1, 0.15) is 5.56 Å². The Labute approximate surface area is 56.8 Å². The van der Waals surface area contributed by atoms with Crippen LogP contribution in [0.2, 0.25) is 0 Å². The molecule has 0 unspecified atom stereocenters. The number of pyridine rings is 1. The zero-order chi connectivity index (χ0) is 7.40. The van der Waals surface area contributed by atoms with Crippen LogP contribution in [0, 0.1) is 5.82 Å². The molecule has 1 aromatic heterocycles. The van der Waals surface area contributed by atoms with Crippen LogP contribution in [0.4, 0.5) is 4.39 Å². The third-order valence-corrected chi connectivity index (χ3v) is 1.00. The summed E-state index contributed by atoms with van der Waals surface area (Å²) in [6.45, 7) is 0. The zero-order valence-corrected chi connectivity index (χ0v) is 5.03. The lowest BCUT2D eigenvalue weighted by Gasteiger charge is -1.90. The number of hydrogen-bond donors (Lipinski definition) is 1. The summed E-state index contributed by atoms with van der Waals surface area (Å²) in [6, 6.07) is 1.41. The first kappa shape index (κ1) is 6.67. The van der Waals surface area contributed by atoms with E-state index >= 15 is 0 Å². The van der Waals surface area contributed by atoms with Crippen LogP contribution in [0.3, 0.4) is 0 Å². The molecule has 10 heavy (non-hydrogen) atoms. The molecular weight excluding hydrogens is 135 g/mol. The Morgan fingerprint density at radius 3 is 3.10 bits per heavy atom. The molecule has 0 saturated heterocycles. The van der Waals surface area contributed by atoms with Gasteiger partial charge in [0.05, 0.1) is 12.4 Å². The summed E-state index contributed by atoms with van der Waals surface area (Å²) in [5.41, 5.74) is 0.220. The highest BCUT2D eigenvalue weighted by molar-refractivity contribution is 5.78. The maximum atomic E-state index is 12.5. The summed E-state index contributed by atoms with van der Waals surface area (Å²) in [7, 11) is 0. The molecule has 0 radical (unpaired) electrons. The summed E-state index contributed by atoms with van der Waals surface area (Å²) >= 11 is 0. The standard InChI is InChI=1S/C6H5FN2O/c7-6-4-8-2-1-5(6)3-9-10/h1-4,10H/b9-3-. The molecule has 0 atom stereocenters. The topological polar surface area (TPSA) is 45.5 Å². The van der Waals surface area contributed by atoms with E-state index in [0.29, 0.717) is 0 Å². The average Bonchev–Trinajstić information content (AvgIpc) is 1.94. The first-order valence-corrected chi connectivity index (χ1v) is 2.61. The van der Waals surface area contributed by atoms with Gasteiger partial charge < -0.3 is 5.21 Å². The van der Waals surface area contributed by atoms with Crippen LogP contribution in [0.15, 0.2) is 23.6 Å². The van der Waals surface area contributed by atoms with Crippen LogP contribution in [0.25, 0.3) is 0 Å². The summed E-state index contributed by atoms with van der Waals surface area (Å²) in [5, 5.41) is 10.7. The SMILES string of the molecule is O/N=C\c1ccncc1F. The van der Waals surface area contributed by atoms with Gasteiger partial charge >= 0.3 is 0 Å². The quantitative estimate of drug-likeness (QED) is 0.359. The minimum absolute atomic E-state index is 0.220. The largest absolute Gasteiger partial charge is 0.411 e. The van der Waals surface area contributed by atoms with Gasteiger partial charge in [-0.05, 0) is 6.07 Å². The van der Waals surface area contributed by atoms with Gasteiger partial charge in [0.1, 0.15) is 5.82 Å². The molecule has 1 aromatic rings. The summed E-state index contributed by atoms with van der Waals surface area (Å²) in [5.74, 6) is -0.500. The van der Waals surface area contributed by atoms with Crippen molar-refractivity contribution in [3.05, 3.63) is 29.8 Å². The van der Waals surface area contributed by atoms with E-state index in [1.54, 1.807) is 0 Å². The molecule has 0 aromatic carbocycles. The molecule has 0 bridgehead atoms. The summed E-state index contributed by atoms with van der Waals surface area (Å²) in [4.78, 5) is 3.51. The second kappa shape index (κ2) is 2.91. The summed E-state index contributed by atoms with van der Waals surface area (Å²) in [6.07, 6.45) is 3.48.